The summed E-state index contributed by atoms with van der Waals surface area (Å²) >= 11 is 1.07. The van der Waals surface area contributed by atoms with Crippen molar-refractivity contribution < 1.29 is 146 Å². The summed E-state index contributed by atoms with van der Waals surface area (Å²) in [4.78, 5) is 7.63. The number of carboxylic acids is 1. The number of phenolic OH excluding ortho intramolecular Hbond substituents is 4. The zero-order chi connectivity index (χ0) is 77.4. The summed E-state index contributed by atoms with van der Waals surface area (Å²) in [6.45, 7) is -2.39. The number of carbonyl (C=O) groups is 1. The molecular formula is C58H45N11O31S7. The lowest BCUT2D eigenvalue weighted by Gasteiger charge is -2.14. The Bertz CT molecular complexity index is 5880. The molecule has 15 N–H and O–H groups in total. The van der Waals surface area contributed by atoms with E-state index in [0.29, 0.717) is 36.2 Å². The predicted molar refractivity (Wildman–Crippen MR) is 369 cm³/mol. The van der Waals surface area contributed by atoms with E-state index < -0.39 is 166 Å². The van der Waals surface area contributed by atoms with Crippen molar-refractivity contribution in [2.75, 3.05) is 38.8 Å². The van der Waals surface area contributed by atoms with Crippen LogP contribution in [0.4, 0.5) is 62.6 Å². The quantitative estimate of drug-likeness (QED) is 0.00631. The fourth-order valence-corrected chi connectivity index (χ4v) is 13.9. The molecule has 107 heavy (non-hydrogen) atoms. The van der Waals surface area contributed by atoms with Crippen molar-refractivity contribution in [2.24, 2.45) is 51.1 Å². The van der Waals surface area contributed by atoms with E-state index in [-0.39, 0.29) is 99.0 Å². The second kappa shape index (κ2) is 33.1. The Labute approximate surface area is 610 Å². The van der Waals surface area contributed by atoms with Crippen LogP contribution in [0.5, 0.6) is 34.5 Å². The van der Waals surface area contributed by atoms with Crippen LogP contribution >= 0.6 is 36.1 Å². The number of aromatic hydroxyl groups is 4. The average Bonchev–Trinajstić information content (AvgIpc) is 0.748. The normalized spacial score (nSPS) is 12.7. The Kier molecular flexibility index (Phi) is 24.5. The lowest BCUT2D eigenvalue weighted by Crippen LogP contribution is -2.04. The minimum Gasteiger partial charge on any atom is -0.507 e. The van der Waals surface area contributed by atoms with Crippen LogP contribution in [0.2, 0.25) is 0 Å². The maximum absolute atomic E-state index is 13.5. The van der Waals surface area contributed by atoms with Crippen molar-refractivity contribution in [3.63, 3.8) is 0 Å². The van der Waals surface area contributed by atoms with Gasteiger partial charge in [0.1, 0.15) is 85.8 Å². The molecule has 10 aromatic carbocycles. The Morgan fingerprint density at radius 3 is 1.54 bits per heavy atom. The van der Waals surface area contributed by atoms with E-state index in [9.17, 15) is 97.7 Å². The second-order valence-corrected chi connectivity index (χ2v) is 28.8. The first-order chi connectivity index (χ1) is 50.8. The van der Waals surface area contributed by atoms with Crippen molar-refractivity contribution in [3.05, 3.63) is 121 Å². The number of nitrogens with one attached hydrogen (secondary N) is 1. The van der Waals surface area contributed by atoms with Gasteiger partial charge in [-0.15, -0.1) is 59.0 Å². The van der Waals surface area contributed by atoms with Crippen LogP contribution in [0.1, 0.15) is 10.4 Å². The zero-order valence-corrected chi connectivity index (χ0v) is 58.5. The molecule has 0 saturated carbocycles. The second-order valence-electron chi connectivity index (χ2n) is 20.9. The third-order valence-electron chi connectivity index (χ3n) is 14.5. The highest BCUT2D eigenvalue weighted by molar-refractivity contribution is 7.95. The monoisotopic (exact) mass is 1620 g/mol. The largest absolute Gasteiger partial charge is 0.507 e. The van der Waals surface area contributed by atoms with E-state index in [1.165, 1.54) is 61.6 Å². The molecule has 0 bridgehead atoms. The van der Waals surface area contributed by atoms with Crippen molar-refractivity contribution in [1.29, 1.82) is 0 Å². The molecule has 42 nitrogen and oxygen atoms in total. The van der Waals surface area contributed by atoms with Gasteiger partial charge in [0.05, 0.1) is 96.9 Å². The summed E-state index contributed by atoms with van der Waals surface area (Å²) in [5.74, 6) is -5.58. The van der Waals surface area contributed by atoms with Crippen molar-refractivity contribution >= 4 is 188 Å². The highest BCUT2D eigenvalue weighted by Gasteiger charge is 2.30. The van der Waals surface area contributed by atoms with Crippen LogP contribution in [-0.2, 0) is 68.6 Å². The van der Waals surface area contributed by atoms with E-state index in [0.717, 1.165) is 48.5 Å². The number of carboxylic acid groups (broad SMARTS) is 1. The smallest absolute Gasteiger partial charge is 0.338 e. The predicted octanol–water partition coefficient (Wildman–Crippen LogP) is 14.0. The van der Waals surface area contributed by atoms with Gasteiger partial charge in [0.2, 0.25) is 0 Å². The highest BCUT2D eigenvalue weighted by Crippen LogP contribution is 2.52. The van der Waals surface area contributed by atoms with Crippen LogP contribution in [0.25, 0.3) is 43.1 Å². The fraction of sp³-hybridized carbons (Fsp3) is 0.0862. The molecule has 10 rings (SSSR count). The van der Waals surface area contributed by atoms with Gasteiger partial charge in [0.25, 0.3) is 40.5 Å². The summed E-state index contributed by atoms with van der Waals surface area (Å²) in [6, 6.07) is 20.2. The SMILES string of the molecule is CNc1ccc2c(O)c(N=Nc3ccc4c(O)c(N=Nc5ccc(SOOO)cc5C(=O)O)c(SOOO)cc4c3)c(SOOO)cc2c1N=Nc1ccc2c(O)c(N=Nc3cc(OCCO)c(N=Nc4cc(S(=O)(=O)O)cc5cc(S(=O)(=O)O)cc(O)c45)cc3OCCO)c(S(=O)(=O)O)cc2c1S(=O)(=O)O. The number of nitrogens with zero attached hydrogens (tertiary/aromatic N) is 10. The van der Waals surface area contributed by atoms with E-state index in [4.69, 9.17) is 24.3 Å². The topological polar surface area (TPSA) is 646 Å². The van der Waals surface area contributed by atoms with E-state index in [1.54, 1.807) is 0 Å². The number of fused-ring (bicyclic) bond motifs is 4. The minimum absolute atomic E-state index is 0.0307. The zero-order valence-electron chi connectivity index (χ0n) is 52.8. The third kappa shape index (κ3) is 17.8. The Balaban J connectivity index is 1.02. The van der Waals surface area contributed by atoms with Gasteiger partial charge in [-0.1, -0.05) is 15.1 Å². The van der Waals surface area contributed by atoms with Gasteiger partial charge in [-0.2, -0.15) is 38.8 Å². The first-order valence-corrected chi connectivity index (χ1v) is 36.7. The number of hydrogen-bond acceptors (Lipinski definition) is 40. The number of phenols is 4. The molecule has 0 heterocycles. The third-order valence-corrected chi connectivity index (χ3v) is 19.8. The van der Waals surface area contributed by atoms with Crippen LogP contribution < -0.4 is 14.8 Å². The van der Waals surface area contributed by atoms with Gasteiger partial charge < -0.3 is 50.5 Å². The Hall–Kier alpha value is -10.4. The minimum atomic E-state index is -5.65. The fourth-order valence-electron chi connectivity index (χ4n) is 10.0. The van der Waals surface area contributed by atoms with Crippen LogP contribution in [0, 0.1) is 0 Å². The number of azo groups is 5. The molecule has 0 aromatic heterocycles. The number of hydrogen-bond donors (Lipinski definition) is 15. The molecule has 0 atom stereocenters. The van der Waals surface area contributed by atoms with Gasteiger partial charge in [-0.3, -0.25) is 18.2 Å². The molecule has 0 unspecified atom stereocenters. The van der Waals surface area contributed by atoms with E-state index >= 15 is 0 Å². The maximum atomic E-state index is 13.5. The lowest BCUT2D eigenvalue weighted by atomic mass is 10.1. The van der Waals surface area contributed by atoms with Crippen LogP contribution in [0.15, 0.2) is 201 Å². The first kappa shape index (κ1) is 79.1. The number of aliphatic hydroxyl groups excluding tert-OH is 2. The number of aromatic carboxylic acids is 1. The van der Waals surface area contributed by atoms with Crippen molar-refractivity contribution in [1.82, 2.24) is 0 Å². The molecule has 0 amide bonds. The molecular weight excluding hydrogens is 1570 g/mol. The van der Waals surface area contributed by atoms with Gasteiger partial charge in [-0.05, 0) is 108 Å². The molecule has 0 aliphatic rings. The first-order valence-electron chi connectivity index (χ1n) is 28.7. The van der Waals surface area contributed by atoms with Crippen LogP contribution in [-0.4, -0.2) is 143 Å². The number of benzene rings is 10. The Morgan fingerprint density at radius 2 is 0.953 bits per heavy atom. The summed E-state index contributed by atoms with van der Waals surface area (Å²) in [5.41, 5.74) is -4.64. The summed E-state index contributed by atoms with van der Waals surface area (Å²) in [7, 11) is -20.0. The van der Waals surface area contributed by atoms with Crippen molar-refractivity contribution in [3.8, 4) is 34.5 Å². The number of aliphatic hydroxyl groups is 2. The van der Waals surface area contributed by atoms with Crippen molar-refractivity contribution in [2.45, 2.75) is 34.3 Å². The summed E-state index contributed by atoms with van der Waals surface area (Å²) in [5, 5.41) is 155. The number of anilines is 1. The van der Waals surface area contributed by atoms with Gasteiger partial charge in [0, 0.05) is 57.1 Å². The molecule has 0 saturated heterocycles. The van der Waals surface area contributed by atoms with Gasteiger partial charge in [-0.25, -0.2) is 20.6 Å². The molecule has 0 radical (unpaired) electrons. The summed E-state index contributed by atoms with van der Waals surface area (Å²) < 4.78 is 168. The van der Waals surface area contributed by atoms with Gasteiger partial charge in [0.15, 0.2) is 17.2 Å². The Morgan fingerprint density at radius 1 is 0.449 bits per heavy atom. The molecule has 560 valence electrons. The molecule has 0 spiro atoms. The van der Waals surface area contributed by atoms with Gasteiger partial charge >= 0.3 is 5.97 Å². The molecule has 0 aliphatic heterocycles. The van der Waals surface area contributed by atoms with Crippen LogP contribution in [0.3, 0.4) is 0 Å². The maximum Gasteiger partial charge on any atom is 0.338 e. The average molecular weight is 1620 g/mol. The molecule has 0 aliphatic carbocycles. The van der Waals surface area contributed by atoms with E-state index in [1.807, 2.05) is 0 Å². The molecule has 10 aromatic rings. The highest BCUT2D eigenvalue weighted by atomic mass is 32.2. The lowest BCUT2D eigenvalue weighted by molar-refractivity contribution is -0.432. The van der Waals surface area contributed by atoms with E-state index in [2.05, 4.69) is 80.2 Å². The molecule has 49 heteroatoms. The summed E-state index contributed by atoms with van der Waals surface area (Å²) in [6.07, 6.45) is 0. The molecule has 0 fully saturated rings. The number of rotatable bonds is 31. The number of ether oxygens (including phenoxy) is 2. The standard InChI is InChI=1S/C58H45N11O31S7/c1-59-38-8-5-32-34(21-47(103-100-97-80)52(55(32)74)67-60-27-2-4-31-25(14-27)17-46(102-99-96-79)51(54(31)73)68-61-37-7-3-28(101-98-95-78)18-36(37)58(76)77)50(38)66-62-39-9-6-33-35(57(39)107(90,91)92)22-48(106(87,88)89)53(56(33)75)69-64-41-24-44(93-12-10-70)40(23-45(41)94-13-11-71)63-65-42-19-29(104(81,82)83)15-26-16-30(105(84,85)86)20-43(72)49(26)42/h2-9,14-24,59,70-75,78-80H,10-13H2,1H3,(H,76,77)(H,81,82,83)(H,84,85,86)(H,87,88,89)(H,90,91,92).